The van der Waals surface area contributed by atoms with Gasteiger partial charge in [0.15, 0.2) is 0 Å². The largest absolute Gasteiger partial charge is 0.389 e. The molecule has 0 aliphatic heterocycles. The molecule has 2 N–H and O–H groups in total. The number of rotatable bonds is 10. The number of ether oxygens (including phenoxy) is 1. The molecule has 0 aliphatic rings. The average Bonchev–Trinajstić information content (AvgIpc) is 2.74. The Hall–Kier alpha value is -0.420. The van der Waals surface area contributed by atoms with Gasteiger partial charge >= 0.3 is 0 Å². The Morgan fingerprint density at radius 2 is 2.00 bits per heavy atom. The van der Waals surface area contributed by atoms with Crippen molar-refractivity contribution in [3.63, 3.8) is 0 Å². The molecule has 1 aromatic rings. The average molecular weight is 314 g/mol. The van der Waals surface area contributed by atoms with Crippen molar-refractivity contribution >= 4 is 11.3 Å². The monoisotopic (exact) mass is 313 g/mol. The van der Waals surface area contributed by atoms with E-state index in [-0.39, 0.29) is 6.04 Å². The van der Waals surface area contributed by atoms with E-state index < -0.39 is 6.10 Å². The number of aliphatic hydroxyl groups is 1. The summed E-state index contributed by atoms with van der Waals surface area (Å²) in [5, 5.41) is 13.3. The number of nitrogens with one attached hydrogen (secondary N) is 1. The summed E-state index contributed by atoms with van der Waals surface area (Å²) in [5.74, 6) is 0.721. The first kappa shape index (κ1) is 18.6. The second-order valence-electron chi connectivity index (χ2n) is 6.26. The summed E-state index contributed by atoms with van der Waals surface area (Å²) >= 11 is 1.83. The van der Waals surface area contributed by atoms with Crippen molar-refractivity contribution in [2.24, 2.45) is 5.92 Å². The van der Waals surface area contributed by atoms with E-state index in [1.54, 1.807) is 0 Å². The Morgan fingerprint density at radius 1 is 1.29 bits per heavy atom. The second-order valence-corrected chi connectivity index (χ2v) is 7.72. The highest BCUT2D eigenvalue weighted by Gasteiger charge is 2.12. The molecule has 0 spiro atoms. The lowest BCUT2D eigenvalue weighted by molar-refractivity contribution is 0.0337. The van der Waals surface area contributed by atoms with Crippen LogP contribution in [0.1, 0.15) is 55.0 Å². The third-order valence-electron chi connectivity index (χ3n) is 3.59. The summed E-state index contributed by atoms with van der Waals surface area (Å²) < 4.78 is 5.52. The topological polar surface area (TPSA) is 41.5 Å². The molecule has 0 aromatic carbocycles. The molecule has 0 saturated heterocycles. The third kappa shape index (κ3) is 7.41. The molecular formula is C17H31NO2S. The highest BCUT2D eigenvalue weighted by Crippen LogP contribution is 2.25. The maximum atomic E-state index is 9.94. The van der Waals surface area contributed by atoms with E-state index in [1.807, 2.05) is 11.3 Å². The van der Waals surface area contributed by atoms with Gasteiger partial charge in [-0.1, -0.05) is 13.8 Å². The maximum absolute atomic E-state index is 9.94. The van der Waals surface area contributed by atoms with Crippen molar-refractivity contribution in [3.8, 4) is 0 Å². The van der Waals surface area contributed by atoms with Crippen molar-refractivity contribution < 1.29 is 9.84 Å². The van der Waals surface area contributed by atoms with Crippen LogP contribution in [0.5, 0.6) is 0 Å². The van der Waals surface area contributed by atoms with Crippen LogP contribution in [0.25, 0.3) is 0 Å². The van der Waals surface area contributed by atoms with Gasteiger partial charge in [0.25, 0.3) is 0 Å². The van der Waals surface area contributed by atoms with Gasteiger partial charge in [-0.05, 0) is 51.2 Å². The maximum Gasteiger partial charge on any atom is 0.0897 e. The fourth-order valence-corrected chi connectivity index (χ4v) is 3.40. The molecule has 1 rings (SSSR count). The van der Waals surface area contributed by atoms with Crippen LogP contribution in [-0.4, -0.2) is 31.0 Å². The van der Waals surface area contributed by atoms with E-state index in [0.717, 1.165) is 18.9 Å². The van der Waals surface area contributed by atoms with Gasteiger partial charge in [-0.25, -0.2) is 0 Å². The Morgan fingerprint density at radius 3 is 2.57 bits per heavy atom. The summed E-state index contributed by atoms with van der Waals surface area (Å²) in [5.41, 5.74) is 1.34. The van der Waals surface area contributed by atoms with Crippen molar-refractivity contribution in [1.82, 2.24) is 5.32 Å². The number of thiophene rings is 1. The molecule has 1 aromatic heterocycles. The van der Waals surface area contributed by atoms with E-state index in [2.05, 4.69) is 46.0 Å². The smallest absolute Gasteiger partial charge is 0.0897 e. The molecule has 2 atom stereocenters. The van der Waals surface area contributed by atoms with Gasteiger partial charge in [-0.15, -0.1) is 11.3 Å². The van der Waals surface area contributed by atoms with Gasteiger partial charge in [0.2, 0.25) is 0 Å². The van der Waals surface area contributed by atoms with Crippen LogP contribution in [0.3, 0.4) is 0 Å². The van der Waals surface area contributed by atoms with E-state index in [4.69, 9.17) is 4.74 Å². The molecule has 0 aliphatic carbocycles. The Kier molecular flexibility index (Phi) is 8.49. The first-order valence-corrected chi connectivity index (χ1v) is 8.78. The lowest BCUT2D eigenvalue weighted by atomic mass is 10.1. The number of aliphatic hydroxyl groups excluding tert-OH is 1. The quantitative estimate of drug-likeness (QED) is 0.645. The molecule has 4 heteroatoms. The zero-order chi connectivity index (χ0) is 15.8. The summed E-state index contributed by atoms with van der Waals surface area (Å²) in [7, 11) is 0. The lowest BCUT2D eigenvalue weighted by Gasteiger charge is -2.17. The van der Waals surface area contributed by atoms with Crippen LogP contribution < -0.4 is 5.32 Å². The Bertz CT molecular complexity index is 403. The van der Waals surface area contributed by atoms with Crippen molar-refractivity contribution in [2.75, 3.05) is 19.8 Å². The number of hydrogen-bond acceptors (Lipinski definition) is 4. The van der Waals surface area contributed by atoms with E-state index in [1.165, 1.54) is 21.7 Å². The van der Waals surface area contributed by atoms with Crippen LogP contribution in [0.15, 0.2) is 6.07 Å². The fourth-order valence-electron chi connectivity index (χ4n) is 2.38. The molecule has 21 heavy (non-hydrogen) atoms. The molecule has 0 saturated carbocycles. The molecule has 0 bridgehead atoms. The molecule has 3 nitrogen and oxygen atoms in total. The molecular weight excluding hydrogens is 282 g/mol. The van der Waals surface area contributed by atoms with Gasteiger partial charge in [-0.3, -0.25) is 0 Å². The van der Waals surface area contributed by atoms with E-state index in [9.17, 15) is 5.11 Å². The normalized spacial score (nSPS) is 14.6. The second kappa shape index (κ2) is 9.57. The van der Waals surface area contributed by atoms with Crippen LogP contribution >= 0.6 is 11.3 Å². The minimum Gasteiger partial charge on any atom is -0.389 e. The number of aryl methyl sites for hydroxylation is 2. The summed E-state index contributed by atoms with van der Waals surface area (Å²) in [6.45, 7) is 12.6. The zero-order valence-electron chi connectivity index (χ0n) is 14.1. The highest BCUT2D eigenvalue weighted by molar-refractivity contribution is 7.12. The van der Waals surface area contributed by atoms with E-state index >= 15 is 0 Å². The predicted octanol–water partition coefficient (Wildman–Crippen LogP) is 3.83. The predicted molar refractivity (Wildman–Crippen MR) is 91.1 cm³/mol. The standard InChI is InChI=1S/C17H31NO2S/c1-12(2)7-6-8-20-11-16(19)10-18-14(4)17-9-13(3)21-15(17)5/h9,12,14,16,18-19H,6-8,10-11H2,1-5H3. The van der Waals surface area contributed by atoms with Crippen molar-refractivity contribution in [2.45, 2.75) is 59.6 Å². The Balaban J connectivity index is 2.17. The Labute approximate surface area is 133 Å². The van der Waals surface area contributed by atoms with E-state index in [0.29, 0.717) is 13.2 Å². The fraction of sp³-hybridized carbons (Fsp3) is 0.765. The van der Waals surface area contributed by atoms with Gasteiger partial charge in [0.1, 0.15) is 0 Å². The van der Waals surface area contributed by atoms with Crippen LogP contribution in [0.2, 0.25) is 0 Å². The summed E-state index contributed by atoms with van der Waals surface area (Å²) in [4.78, 5) is 2.69. The molecule has 0 fully saturated rings. The van der Waals surface area contributed by atoms with Crippen LogP contribution in [-0.2, 0) is 4.74 Å². The van der Waals surface area contributed by atoms with Crippen LogP contribution in [0, 0.1) is 19.8 Å². The summed E-state index contributed by atoms with van der Waals surface area (Å²) in [6.07, 6.45) is 1.82. The molecule has 0 amide bonds. The SMILES string of the molecule is Cc1cc(C(C)NCC(O)COCCCC(C)C)c(C)s1. The minimum atomic E-state index is -0.438. The van der Waals surface area contributed by atoms with Crippen molar-refractivity contribution in [3.05, 3.63) is 21.4 Å². The third-order valence-corrected chi connectivity index (χ3v) is 4.57. The minimum absolute atomic E-state index is 0.269. The molecule has 0 radical (unpaired) electrons. The van der Waals surface area contributed by atoms with Gasteiger partial charge in [0, 0.05) is 28.9 Å². The van der Waals surface area contributed by atoms with Gasteiger partial charge < -0.3 is 15.2 Å². The zero-order valence-corrected chi connectivity index (χ0v) is 14.9. The first-order valence-electron chi connectivity index (χ1n) is 7.96. The van der Waals surface area contributed by atoms with Gasteiger partial charge in [-0.2, -0.15) is 0 Å². The first-order chi connectivity index (χ1) is 9.90. The molecule has 1 heterocycles. The lowest BCUT2D eigenvalue weighted by Crippen LogP contribution is -2.32. The van der Waals surface area contributed by atoms with Crippen molar-refractivity contribution in [1.29, 1.82) is 0 Å². The highest BCUT2D eigenvalue weighted by atomic mass is 32.1. The van der Waals surface area contributed by atoms with Gasteiger partial charge in [0.05, 0.1) is 12.7 Å². The molecule has 122 valence electrons. The number of hydrogen-bond donors (Lipinski definition) is 2. The summed E-state index contributed by atoms with van der Waals surface area (Å²) in [6, 6.07) is 2.50. The molecule has 2 unspecified atom stereocenters. The van der Waals surface area contributed by atoms with Crippen LogP contribution in [0.4, 0.5) is 0 Å².